The molecule has 0 atom stereocenters. The lowest BCUT2D eigenvalue weighted by atomic mass is 10.1. The third kappa shape index (κ3) is 3.17. The monoisotopic (exact) mass is 273 g/mol. The van der Waals surface area contributed by atoms with Crippen molar-refractivity contribution in [2.45, 2.75) is 6.54 Å². The van der Waals surface area contributed by atoms with Crippen LogP contribution in [0.5, 0.6) is 5.88 Å². The number of methoxy groups -OCH3 is 1. The molecular formula is C14H15N3O3. The normalized spacial score (nSPS) is 10.1. The van der Waals surface area contributed by atoms with E-state index in [-0.39, 0.29) is 11.3 Å². The summed E-state index contributed by atoms with van der Waals surface area (Å²) in [5, 5.41) is 12.0. The lowest BCUT2D eigenvalue weighted by Crippen LogP contribution is -2.05. The SMILES string of the molecule is COc1ccc(CNc2ccc(C(=O)O)c(N)c2)cn1. The molecule has 0 aliphatic carbocycles. The number of benzene rings is 1. The highest BCUT2D eigenvalue weighted by molar-refractivity contribution is 5.94. The highest BCUT2D eigenvalue weighted by Crippen LogP contribution is 2.18. The Balaban J connectivity index is 2.03. The van der Waals surface area contributed by atoms with Gasteiger partial charge in [-0.25, -0.2) is 9.78 Å². The number of rotatable bonds is 5. The molecule has 0 saturated carbocycles. The van der Waals surface area contributed by atoms with Crippen molar-refractivity contribution in [3.63, 3.8) is 0 Å². The van der Waals surface area contributed by atoms with E-state index in [0.717, 1.165) is 11.3 Å². The quantitative estimate of drug-likeness (QED) is 0.721. The van der Waals surface area contributed by atoms with Crippen LogP contribution >= 0.6 is 0 Å². The highest BCUT2D eigenvalue weighted by atomic mass is 16.5. The molecule has 2 rings (SSSR count). The first-order valence-electron chi connectivity index (χ1n) is 5.96. The van der Waals surface area contributed by atoms with Gasteiger partial charge in [-0.3, -0.25) is 0 Å². The molecule has 0 amide bonds. The number of ether oxygens (including phenoxy) is 1. The Morgan fingerprint density at radius 2 is 2.20 bits per heavy atom. The van der Waals surface area contributed by atoms with Crippen molar-refractivity contribution in [2.24, 2.45) is 0 Å². The number of aromatic carboxylic acids is 1. The van der Waals surface area contributed by atoms with Crippen LogP contribution in [0.4, 0.5) is 11.4 Å². The Kier molecular flexibility index (Phi) is 4.05. The second kappa shape index (κ2) is 5.92. The molecule has 0 radical (unpaired) electrons. The molecule has 0 unspecified atom stereocenters. The number of carbonyl (C=O) groups is 1. The van der Waals surface area contributed by atoms with Crippen molar-refractivity contribution in [2.75, 3.05) is 18.2 Å². The summed E-state index contributed by atoms with van der Waals surface area (Å²) in [6, 6.07) is 8.43. The second-order valence-electron chi connectivity index (χ2n) is 4.17. The lowest BCUT2D eigenvalue weighted by molar-refractivity contribution is 0.0698. The minimum Gasteiger partial charge on any atom is -0.481 e. The fraction of sp³-hybridized carbons (Fsp3) is 0.143. The lowest BCUT2D eigenvalue weighted by Gasteiger charge is -2.09. The standard InChI is InChI=1S/C14H15N3O3/c1-20-13-5-2-9(8-17-13)7-16-10-3-4-11(14(18)19)12(15)6-10/h2-6,8,16H,7,15H2,1H3,(H,18,19). The average molecular weight is 273 g/mol. The summed E-state index contributed by atoms with van der Waals surface area (Å²) < 4.78 is 4.98. The Hall–Kier alpha value is -2.76. The van der Waals surface area contributed by atoms with E-state index in [9.17, 15) is 4.79 Å². The van der Waals surface area contributed by atoms with Crippen molar-refractivity contribution in [3.05, 3.63) is 47.7 Å². The molecule has 0 bridgehead atoms. The summed E-state index contributed by atoms with van der Waals surface area (Å²) in [7, 11) is 1.56. The summed E-state index contributed by atoms with van der Waals surface area (Å²) >= 11 is 0. The van der Waals surface area contributed by atoms with E-state index in [4.69, 9.17) is 15.6 Å². The molecule has 1 aromatic carbocycles. The van der Waals surface area contributed by atoms with Gasteiger partial charge in [0.25, 0.3) is 0 Å². The van der Waals surface area contributed by atoms with Gasteiger partial charge < -0.3 is 20.9 Å². The number of hydrogen-bond donors (Lipinski definition) is 3. The van der Waals surface area contributed by atoms with E-state index >= 15 is 0 Å². The van der Waals surface area contributed by atoms with Crippen molar-refractivity contribution in [1.82, 2.24) is 4.98 Å². The molecule has 20 heavy (non-hydrogen) atoms. The van der Waals surface area contributed by atoms with Gasteiger partial charge in [0.2, 0.25) is 5.88 Å². The molecule has 0 aliphatic rings. The third-order valence-corrected chi connectivity index (χ3v) is 2.79. The number of nitrogens with one attached hydrogen (secondary N) is 1. The second-order valence-corrected chi connectivity index (χ2v) is 4.17. The van der Waals surface area contributed by atoms with Crippen molar-refractivity contribution in [1.29, 1.82) is 0 Å². The zero-order chi connectivity index (χ0) is 14.5. The number of nitrogens with zero attached hydrogens (tertiary/aromatic N) is 1. The van der Waals surface area contributed by atoms with Gasteiger partial charge >= 0.3 is 5.97 Å². The van der Waals surface area contributed by atoms with Crippen LogP contribution in [0.3, 0.4) is 0 Å². The number of carboxylic acid groups (broad SMARTS) is 1. The molecule has 0 fully saturated rings. The Labute approximate surface area is 116 Å². The molecular weight excluding hydrogens is 258 g/mol. The molecule has 0 saturated heterocycles. The van der Waals surface area contributed by atoms with Crippen molar-refractivity contribution < 1.29 is 14.6 Å². The topological polar surface area (TPSA) is 97.5 Å². The predicted molar refractivity (Wildman–Crippen MR) is 75.9 cm³/mol. The van der Waals surface area contributed by atoms with Crippen LogP contribution in [-0.4, -0.2) is 23.2 Å². The molecule has 4 N–H and O–H groups in total. The molecule has 2 aromatic rings. The van der Waals surface area contributed by atoms with Gasteiger partial charge in [-0.2, -0.15) is 0 Å². The molecule has 6 nitrogen and oxygen atoms in total. The van der Waals surface area contributed by atoms with E-state index in [0.29, 0.717) is 12.4 Å². The largest absolute Gasteiger partial charge is 0.481 e. The minimum atomic E-state index is -1.03. The van der Waals surface area contributed by atoms with Gasteiger partial charge in [0.15, 0.2) is 0 Å². The van der Waals surface area contributed by atoms with E-state index in [2.05, 4.69) is 10.3 Å². The molecule has 6 heteroatoms. The molecule has 1 heterocycles. The fourth-order valence-corrected chi connectivity index (χ4v) is 1.71. The molecule has 0 spiro atoms. The average Bonchev–Trinajstić information content (AvgIpc) is 2.45. The smallest absolute Gasteiger partial charge is 0.337 e. The maximum absolute atomic E-state index is 10.9. The summed E-state index contributed by atoms with van der Waals surface area (Å²) in [5.41, 5.74) is 7.74. The summed E-state index contributed by atoms with van der Waals surface area (Å²) in [6.45, 7) is 0.558. The van der Waals surface area contributed by atoms with Crippen LogP contribution in [0.15, 0.2) is 36.5 Å². The van der Waals surface area contributed by atoms with Gasteiger partial charge in [-0.15, -0.1) is 0 Å². The molecule has 1 aromatic heterocycles. The van der Waals surface area contributed by atoms with Gasteiger partial charge in [-0.05, 0) is 23.8 Å². The van der Waals surface area contributed by atoms with Crippen LogP contribution in [-0.2, 0) is 6.54 Å². The van der Waals surface area contributed by atoms with E-state index in [1.165, 1.54) is 6.07 Å². The van der Waals surface area contributed by atoms with Crippen molar-refractivity contribution in [3.8, 4) is 5.88 Å². The summed E-state index contributed by atoms with van der Waals surface area (Å²) in [5.74, 6) is -0.475. The van der Waals surface area contributed by atoms with Crippen LogP contribution < -0.4 is 15.8 Å². The number of nitrogens with two attached hydrogens (primary N) is 1. The maximum atomic E-state index is 10.9. The van der Waals surface area contributed by atoms with Gasteiger partial charge in [0.1, 0.15) is 0 Å². The van der Waals surface area contributed by atoms with E-state index in [1.54, 1.807) is 31.5 Å². The summed E-state index contributed by atoms with van der Waals surface area (Å²) in [4.78, 5) is 15.0. The minimum absolute atomic E-state index is 0.0988. The Bertz CT molecular complexity index is 612. The van der Waals surface area contributed by atoms with Crippen LogP contribution in [0.2, 0.25) is 0 Å². The maximum Gasteiger partial charge on any atom is 0.337 e. The fourth-order valence-electron chi connectivity index (χ4n) is 1.71. The first-order chi connectivity index (χ1) is 9.60. The van der Waals surface area contributed by atoms with Crippen LogP contribution in [0, 0.1) is 0 Å². The van der Waals surface area contributed by atoms with Crippen LogP contribution in [0.1, 0.15) is 15.9 Å². The molecule has 104 valence electrons. The van der Waals surface area contributed by atoms with E-state index in [1.807, 2.05) is 6.07 Å². The highest BCUT2D eigenvalue weighted by Gasteiger charge is 2.07. The Morgan fingerprint density at radius 3 is 2.75 bits per heavy atom. The van der Waals surface area contributed by atoms with Gasteiger partial charge in [0.05, 0.1) is 12.7 Å². The Morgan fingerprint density at radius 1 is 1.40 bits per heavy atom. The number of nitrogen functional groups attached to an aromatic ring is 1. The number of pyridine rings is 1. The number of anilines is 2. The van der Waals surface area contributed by atoms with Crippen LogP contribution in [0.25, 0.3) is 0 Å². The zero-order valence-electron chi connectivity index (χ0n) is 11.0. The zero-order valence-corrected chi connectivity index (χ0v) is 11.0. The molecule has 0 aliphatic heterocycles. The van der Waals surface area contributed by atoms with E-state index < -0.39 is 5.97 Å². The predicted octanol–water partition coefficient (Wildman–Crippen LogP) is 1.98. The van der Waals surface area contributed by atoms with Gasteiger partial charge in [0, 0.05) is 30.2 Å². The number of aromatic nitrogens is 1. The summed E-state index contributed by atoms with van der Waals surface area (Å²) in [6.07, 6.45) is 1.71. The van der Waals surface area contributed by atoms with Gasteiger partial charge in [-0.1, -0.05) is 6.07 Å². The first kappa shape index (κ1) is 13.7. The third-order valence-electron chi connectivity index (χ3n) is 2.79. The number of hydrogen-bond acceptors (Lipinski definition) is 5. The first-order valence-corrected chi connectivity index (χ1v) is 5.96. The van der Waals surface area contributed by atoms with Crippen molar-refractivity contribution >= 4 is 17.3 Å². The number of carboxylic acids is 1.